The lowest BCUT2D eigenvalue weighted by molar-refractivity contribution is 0.0991. The van der Waals surface area contributed by atoms with Crippen molar-refractivity contribution in [2.24, 2.45) is 11.1 Å². The summed E-state index contributed by atoms with van der Waals surface area (Å²) < 4.78 is 0. The van der Waals surface area contributed by atoms with Gasteiger partial charge in [-0.25, -0.2) is 4.98 Å². The van der Waals surface area contributed by atoms with Crippen molar-refractivity contribution in [1.29, 1.82) is 0 Å². The minimum absolute atomic E-state index is 0.0424. The number of aliphatic hydroxyl groups excluding tert-OH is 1. The molecule has 1 aliphatic rings. The number of aryl methyl sites for hydroxylation is 1. The van der Waals surface area contributed by atoms with Gasteiger partial charge in [-0.3, -0.25) is 4.79 Å². The Morgan fingerprint density at radius 2 is 2.15 bits per heavy atom. The van der Waals surface area contributed by atoms with Gasteiger partial charge < -0.3 is 10.8 Å². The van der Waals surface area contributed by atoms with Crippen LogP contribution in [0.25, 0.3) is 0 Å². The molecule has 20 heavy (non-hydrogen) atoms. The molecule has 110 valence electrons. The van der Waals surface area contributed by atoms with Crippen molar-refractivity contribution in [2.75, 3.05) is 6.61 Å². The van der Waals surface area contributed by atoms with Crippen molar-refractivity contribution in [3.05, 3.63) is 28.6 Å². The average Bonchev–Trinajstić information content (AvgIpc) is 2.36. The van der Waals surface area contributed by atoms with Gasteiger partial charge in [0.2, 0.25) is 0 Å². The second-order valence-corrected chi connectivity index (χ2v) is 7.24. The molecule has 1 aliphatic carbocycles. The van der Waals surface area contributed by atoms with E-state index in [4.69, 9.17) is 5.73 Å². The van der Waals surface area contributed by atoms with Gasteiger partial charge in [0.15, 0.2) is 0 Å². The number of pyridine rings is 1. The number of rotatable bonds is 3. The summed E-state index contributed by atoms with van der Waals surface area (Å²) in [6, 6.07) is 2.02. The average molecular weight is 276 g/mol. The zero-order valence-corrected chi connectivity index (χ0v) is 12.8. The lowest BCUT2D eigenvalue weighted by atomic mass is 9.74. The van der Waals surface area contributed by atoms with Gasteiger partial charge in [-0.15, -0.1) is 0 Å². The van der Waals surface area contributed by atoms with Crippen molar-refractivity contribution in [1.82, 2.24) is 4.98 Å². The third-order valence-corrected chi connectivity index (χ3v) is 4.27. The third-order valence-electron chi connectivity index (χ3n) is 4.27. The molecule has 4 heteroatoms. The number of amides is 1. The minimum Gasteiger partial charge on any atom is -0.395 e. The van der Waals surface area contributed by atoms with Gasteiger partial charge in [0.1, 0.15) is 5.69 Å². The summed E-state index contributed by atoms with van der Waals surface area (Å²) in [6.07, 6.45) is 2.93. The fraction of sp³-hybridized carbons (Fsp3) is 0.625. The summed E-state index contributed by atoms with van der Waals surface area (Å²) in [7, 11) is 0. The molecule has 4 nitrogen and oxygen atoms in total. The maximum atomic E-state index is 11.7. The highest BCUT2D eigenvalue weighted by Gasteiger charge is 2.31. The highest BCUT2D eigenvalue weighted by Crippen LogP contribution is 2.36. The number of aliphatic hydroxyl groups is 1. The topological polar surface area (TPSA) is 76.2 Å². The van der Waals surface area contributed by atoms with Gasteiger partial charge in [0, 0.05) is 11.1 Å². The monoisotopic (exact) mass is 276 g/mol. The van der Waals surface area contributed by atoms with Crippen molar-refractivity contribution in [3.63, 3.8) is 0 Å². The molecule has 0 aliphatic heterocycles. The van der Waals surface area contributed by atoms with E-state index in [2.05, 4.69) is 18.8 Å². The van der Waals surface area contributed by atoms with Crippen LogP contribution in [-0.2, 0) is 18.3 Å². The highest BCUT2D eigenvalue weighted by molar-refractivity contribution is 5.92. The molecule has 1 aromatic heterocycles. The van der Waals surface area contributed by atoms with Gasteiger partial charge in [-0.05, 0) is 35.8 Å². The summed E-state index contributed by atoms with van der Waals surface area (Å²) in [5.74, 6) is -0.521. The number of carbonyl (C=O) groups excluding carboxylic acids is 1. The van der Waals surface area contributed by atoms with E-state index in [1.54, 1.807) is 0 Å². The Balaban J connectivity index is 2.58. The molecule has 0 fully saturated rings. The van der Waals surface area contributed by atoms with Crippen LogP contribution < -0.4 is 5.73 Å². The normalized spacial score (nSPS) is 17.6. The van der Waals surface area contributed by atoms with E-state index in [1.807, 2.05) is 19.9 Å². The van der Waals surface area contributed by atoms with Crippen molar-refractivity contribution < 1.29 is 9.90 Å². The van der Waals surface area contributed by atoms with E-state index < -0.39 is 11.3 Å². The Kier molecular flexibility index (Phi) is 3.63. The van der Waals surface area contributed by atoms with Crippen LogP contribution in [0.1, 0.15) is 61.4 Å². The van der Waals surface area contributed by atoms with Gasteiger partial charge in [0.25, 0.3) is 5.91 Å². The summed E-state index contributed by atoms with van der Waals surface area (Å²) >= 11 is 0. The van der Waals surface area contributed by atoms with E-state index in [0.29, 0.717) is 5.69 Å². The third kappa shape index (κ3) is 2.70. The summed E-state index contributed by atoms with van der Waals surface area (Å²) in [4.78, 5) is 16.2. The predicted octanol–water partition coefficient (Wildman–Crippen LogP) is 1.97. The molecule has 0 saturated heterocycles. The largest absolute Gasteiger partial charge is 0.395 e. The fourth-order valence-electron chi connectivity index (χ4n) is 2.77. The molecule has 1 amide bonds. The molecule has 0 bridgehead atoms. The van der Waals surface area contributed by atoms with Crippen LogP contribution in [0.4, 0.5) is 0 Å². The van der Waals surface area contributed by atoms with E-state index in [-0.39, 0.29) is 12.0 Å². The molecule has 1 heterocycles. The number of carbonyl (C=O) groups is 1. The maximum absolute atomic E-state index is 11.7. The number of hydrogen-bond donors (Lipinski definition) is 2. The molecule has 2 rings (SSSR count). The molecule has 0 spiro atoms. The van der Waals surface area contributed by atoms with Crippen LogP contribution in [0.5, 0.6) is 0 Å². The number of nitrogens with zero attached hydrogens (tertiary/aromatic N) is 1. The quantitative estimate of drug-likeness (QED) is 0.886. The summed E-state index contributed by atoms with van der Waals surface area (Å²) in [5.41, 5.74) is 8.41. The minimum atomic E-state index is -0.521. The molecule has 0 atom stereocenters. The van der Waals surface area contributed by atoms with Crippen LogP contribution in [0.3, 0.4) is 0 Å². The van der Waals surface area contributed by atoms with Gasteiger partial charge in [0.05, 0.1) is 6.61 Å². The Labute approximate surface area is 120 Å². The number of hydrogen-bond acceptors (Lipinski definition) is 3. The van der Waals surface area contributed by atoms with Gasteiger partial charge >= 0.3 is 0 Å². The first-order chi connectivity index (χ1) is 9.16. The van der Waals surface area contributed by atoms with E-state index in [1.165, 1.54) is 5.56 Å². The lowest BCUT2D eigenvalue weighted by Gasteiger charge is -2.33. The van der Waals surface area contributed by atoms with Gasteiger partial charge in [-0.2, -0.15) is 0 Å². The first-order valence-electron chi connectivity index (χ1n) is 7.10. The van der Waals surface area contributed by atoms with E-state index in [0.717, 1.165) is 30.5 Å². The Morgan fingerprint density at radius 3 is 2.70 bits per heavy atom. The standard InChI is InChI=1S/C16H24N2O2/c1-15(2)6-5-10-7-11(16(3,4)9-19)13(14(17)20)18-12(10)8-15/h7,19H,5-6,8-9H2,1-4H3,(H2,17,20). The van der Waals surface area contributed by atoms with E-state index >= 15 is 0 Å². The van der Waals surface area contributed by atoms with Crippen molar-refractivity contribution >= 4 is 5.91 Å². The molecule has 1 aromatic rings. The number of nitrogens with two attached hydrogens (primary N) is 1. The molecule has 0 radical (unpaired) electrons. The zero-order chi connectivity index (χ0) is 15.1. The summed E-state index contributed by atoms with van der Waals surface area (Å²) in [6.45, 7) is 8.19. The number of primary amides is 1. The number of aromatic nitrogens is 1. The molecule has 3 N–H and O–H groups in total. The SMILES string of the molecule is CC1(C)CCc2cc(C(C)(C)CO)c(C(N)=O)nc2C1. The lowest BCUT2D eigenvalue weighted by Crippen LogP contribution is -2.31. The Morgan fingerprint density at radius 1 is 1.50 bits per heavy atom. The second-order valence-electron chi connectivity index (χ2n) is 7.24. The first kappa shape index (κ1) is 15.0. The van der Waals surface area contributed by atoms with Gasteiger partial charge in [-0.1, -0.05) is 33.8 Å². The molecular formula is C16H24N2O2. The highest BCUT2D eigenvalue weighted by atomic mass is 16.3. The second kappa shape index (κ2) is 4.85. The predicted molar refractivity (Wildman–Crippen MR) is 78.7 cm³/mol. The van der Waals surface area contributed by atoms with Crippen LogP contribution in [0, 0.1) is 5.41 Å². The first-order valence-corrected chi connectivity index (χ1v) is 7.10. The van der Waals surface area contributed by atoms with Crippen molar-refractivity contribution in [2.45, 2.75) is 52.4 Å². The Bertz CT molecular complexity index is 548. The van der Waals surface area contributed by atoms with Crippen molar-refractivity contribution in [3.8, 4) is 0 Å². The van der Waals surface area contributed by atoms with Crippen LogP contribution in [-0.4, -0.2) is 22.6 Å². The smallest absolute Gasteiger partial charge is 0.267 e. The van der Waals surface area contributed by atoms with E-state index in [9.17, 15) is 9.90 Å². The molecular weight excluding hydrogens is 252 g/mol. The Hall–Kier alpha value is -1.42. The molecule has 0 aromatic carbocycles. The fourth-order valence-corrected chi connectivity index (χ4v) is 2.77. The molecule has 0 unspecified atom stereocenters. The number of fused-ring (bicyclic) bond motifs is 1. The summed E-state index contributed by atoms with van der Waals surface area (Å²) in [5, 5.41) is 9.56. The zero-order valence-electron chi connectivity index (χ0n) is 12.8. The molecule has 0 saturated carbocycles. The maximum Gasteiger partial charge on any atom is 0.267 e. The van der Waals surface area contributed by atoms with Crippen LogP contribution in [0.15, 0.2) is 6.07 Å². The van der Waals surface area contributed by atoms with Crippen LogP contribution >= 0.6 is 0 Å². The van der Waals surface area contributed by atoms with Crippen LogP contribution in [0.2, 0.25) is 0 Å².